The van der Waals surface area contributed by atoms with Gasteiger partial charge in [0.05, 0.1) is 33.5 Å². The van der Waals surface area contributed by atoms with Crippen LogP contribution in [0, 0.1) is 22.7 Å². The molecule has 2 aliphatic heterocycles. The van der Waals surface area contributed by atoms with Crippen molar-refractivity contribution in [2.45, 2.75) is 63.3 Å². The second kappa shape index (κ2) is 6.52. The second-order valence-corrected chi connectivity index (χ2v) is 15.9. The van der Waals surface area contributed by atoms with E-state index < -0.39 is 20.0 Å². The molecule has 1 spiro atoms. The molecule has 2 aliphatic carbocycles. The van der Waals surface area contributed by atoms with Gasteiger partial charge in [-0.05, 0) is 30.7 Å². The summed E-state index contributed by atoms with van der Waals surface area (Å²) in [5.74, 6) is -0.484. The minimum absolute atomic E-state index is 0.00488. The van der Waals surface area contributed by atoms with Crippen molar-refractivity contribution in [3.05, 3.63) is 42.5 Å². The van der Waals surface area contributed by atoms with E-state index in [1.165, 1.54) is 5.19 Å². The molecule has 0 radical (unpaired) electrons. The topological polar surface area (TPSA) is 47.9 Å². The summed E-state index contributed by atoms with van der Waals surface area (Å²) in [5, 5.41) is 13.3. The monoisotopic (exact) mass is 428 g/mol. The van der Waals surface area contributed by atoms with E-state index in [2.05, 4.69) is 56.9 Å². The Balaban J connectivity index is 1.64. The Morgan fingerprint density at radius 3 is 2.53 bits per heavy atom. The third-order valence-electron chi connectivity index (χ3n) is 9.48. The van der Waals surface area contributed by atoms with Gasteiger partial charge in [-0.1, -0.05) is 67.7 Å². The summed E-state index contributed by atoms with van der Waals surface area (Å²) in [7, 11) is -0.155. The first kappa shape index (κ1) is 20.9. The normalized spacial score (nSPS) is 47.8. The number of aliphatic hydroxyl groups excluding tert-OH is 1. The molecule has 0 bridgehead atoms. The van der Waals surface area contributed by atoms with Crippen LogP contribution in [0.1, 0.15) is 26.7 Å². The first-order chi connectivity index (χ1) is 14.1. The average Bonchev–Trinajstić information content (AvgIpc) is 3.23. The summed E-state index contributed by atoms with van der Waals surface area (Å²) in [5.41, 5.74) is 1.17. The molecule has 4 fully saturated rings. The number of hydrogen-bond donors (Lipinski definition) is 1. The summed E-state index contributed by atoms with van der Waals surface area (Å²) in [6, 6.07) is 11.0. The lowest BCUT2D eigenvalue weighted by Crippen LogP contribution is -2.67. The van der Waals surface area contributed by atoms with Crippen molar-refractivity contribution in [3.8, 4) is 0 Å². The van der Waals surface area contributed by atoms with Crippen LogP contribution < -0.4 is 5.19 Å². The van der Waals surface area contributed by atoms with Gasteiger partial charge in [0.25, 0.3) is 0 Å². The third-order valence-corrected chi connectivity index (χ3v) is 13.9. The van der Waals surface area contributed by atoms with Crippen molar-refractivity contribution in [1.82, 2.24) is 0 Å². The summed E-state index contributed by atoms with van der Waals surface area (Å²) >= 11 is 0. The molecule has 4 aliphatic rings. The fourth-order valence-electron chi connectivity index (χ4n) is 8.24. The van der Waals surface area contributed by atoms with Crippen molar-refractivity contribution in [2.24, 2.45) is 22.7 Å². The number of benzene rings is 1. The molecule has 8 atom stereocenters. The van der Waals surface area contributed by atoms with Crippen LogP contribution in [-0.2, 0) is 14.2 Å². The van der Waals surface area contributed by atoms with Gasteiger partial charge in [0.1, 0.15) is 0 Å². The lowest BCUT2D eigenvalue weighted by molar-refractivity contribution is -0.203. The van der Waals surface area contributed by atoms with Gasteiger partial charge in [-0.15, -0.1) is 0 Å². The quantitative estimate of drug-likeness (QED) is 0.589. The van der Waals surface area contributed by atoms with Gasteiger partial charge >= 0.3 is 0 Å². The molecule has 5 rings (SSSR count). The van der Waals surface area contributed by atoms with E-state index in [1.807, 2.05) is 6.92 Å². The van der Waals surface area contributed by atoms with E-state index in [4.69, 9.17) is 14.2 Å². The van der Waals surface area contributed by atoms with Crippen molar-refractivity contribution < 1.29 is 19.3 Å². The van der Waals surface area contributed by atoms with Gasteiger partial charge in [-0.25, -0.2) is 0 Å². The van der Waals surface area contributed by atoms with Crippen LogP contribution in [0.5, 0.6) is 0 Å². The summed E-state index contributed by atoms with van der Waals surface area (Å²) in [6.07, 6.45) is 1.30. The molecule has 2 heterocycles. The number of ether oxygens (including phenoxy) is 3. The molecule has 164 valence electrons. The standard InChI is InChI=1S/C25H36O4Si/c1-16-12-18-22-23(2,14-28-18)20(30(5,6)17-10-8-7-9-11-17)13-19(26)25(22)15-29-24(3,27-4)21(16)25/h7-11,18-22,26H,1,12-15H2,2-6H3/t18-,19-,20+,21+,22-,23+,24+,25+/m0/s1. The molecule has 30 heavy (non-hydrogen) atoms. The molecule has 0 aromatic heterocycles. The lowest BCUT2D eigenvalue weighted by Gasteiger charge is -2.62. The molecule has 4 nitrogen and oxygen atoms in total. The molecular formula is C25H36O4Si. The molecule has 0 unspecified atom stereocenters. The largest absolute Gasteiger partial charge is 0.392 e. The minimum atomic E-state index is -1.87. The zero-order valence-electron chi connectivity index (χ0n) is 19.0. The van der Waals surface area contributed by atoms with Gasteiger partial charge < -0.3 is 19.3 Å². The maximum atomic E-state index is 11.9. The Morgan fingerprint density at radius 2 is 1.87 bits per heavy atom. The Bertz CT molecular complexity index is 856. The van der Waals surface area contributed by atoms with E-state index in [9.17, 15) is 5.11 Å². The van der Waals surface area contributed by atoms with Crippen LogP contribution in [0.15, 0.2) is 42.5 Å². The van der Waals surface area contributed by atoms with Crippen LogP contribution in [0.2, 0.25) is 18.6 Å². The Morgan fingerprint density at radius 1 is 1.17 bits per heavy atom. The molecular weight excluding hydrogens is 392 g/mol. The molecule has 5 heteroatoms. The maximum Gasteiger partial charge on any atom is 0.172 e. The Hall–Kier alpha value is -0.983. The van der Waals surface area contributed by atoms with Crippen LogP contribution >= 0.6 is 0 Å². The van der Waals surface area contributed by atoms with Crippen molar-refractivity contribution in [3.63, 3.8) is 0 Å². The number of aliphatic hydroxyl groups is 1. The van der Waals surface area contributed by atoms with E-state index in [0.717, 1.165) is 25.0 Å². The third kappa shape index (κ3) is 2.42. The van der Waals surface area contributed by atoms with Gasteiger partial charge in [0, 0.05) is 24.4 Å². The summed E-state index contributed by atoms with van der Waals surface area (Å²) in [6.45, 7) is 15.1. The summed E-state index contributed by atoms with van der Waals surface area (Å²) in [4.78, 5) is 0. The zero-order valence-corrected chi connectivity index (χ0v) is 20.0. The van der Waals surface area contributed by atoms with Crippen LogP contribution in [0.25, 0.3) is 0 Å². The smallest absolute Gasteiger partial charge is 0.172 e. The van der Waals surface area contributed by atoms with Crippen molar-refractivity contribution in [1.29, 1.82) is 0 Å². The predicted molar refractivity (Wildman–Crippen MR) is 120 cm³/mol. The van der Waals surface area contributed by atoms with Crippen LogP contribution in [0.4, 0.5) is 0 Å². The molecule has 1 aromatic rings. The fraction of sp³-hybridized carbons (Fsp3) is 0.680. The second-order valence-electron chi connectivity index (χ2n) is 11.1. The summed E-state index contributed by atoms with van der Waals surface area (Å²) < 4.78 is 18.7. The SMILES string of the molecule is C=C1C[C@@H]2OC[C@]3(C)[C@H]([Si](C)(C)c4ccccc4)C[C@H](O)[C@@]4(CO[C@@](C)(OC)[C@@H]14)[C@@H]23. The number of rotatable bonds is 3. The molecule has 2 saturated carbocycles. The first-order valence-corrected chi connectivity index (χ1v) is 14.4. The predicted octanol–water partition coefficient (Wildman–Crippen LogP) is 3.71. The highest BCUT2D eigenvalue weighted by Crippen LogP contribution is 2.72. The maximum absolute atomic E-state index is 11.9. The number of methoxy groups -OCH3 is 1. The van der Waals surface area contributed by atoms with Gasteiger partial charge in [-0.3, -0.25) is 0 Å². The molecule has 1 aromatic carbocycles. The zero-order chi connectivity index (χ0) is 21.5. The van der Waals surface area contributed by atoms with Gasteiger partial charge in [0.2, 0.25) is 0 Å². The van der Waals surface area contributed by atoms with Crippen LogP contribution in [0.3, 0.4) is 0 Å². The van der Waals surface area contributed by atoms with Gasteiger partial charge in [-0.2, -0.15) is 0 Å². The highest BCUT2D eigenvalue weighted by atomic mass is 28.3. The van der Waals surface area contributed by atoms with E-state index >= 15 is 0 Å². The highest BCUT2D eigenvalue weighted by Gasteiger charge is 2.76. The minimum Gasteiger partial charge on any atom is -0.392 e. The highest BCUT2D eigenvalue weighted by molar-refractivity contribution is 6.91. The first-order valence-electron chi connectivity index (χ1n) is 11.3. The van der Waals surface area contributed by atoms with Crippen molar-refractivity contribution in [2.75, 3.05) is 20.3 Å². The fourth-order valence-corrected chi connectivity index (χ4v) is 12.4. The van der Waals surface area contributed by atoms with Crippen molar-refractivity contribution >= 4 is 13.3 Å². The molecule has 1 N–H and O–H groups in total. The van der Waals surface area contributed by atoms with E-state index in [0.29, 0.717) is 12.1 Å². The Kier molecular flexibility index (Phi) is 4.54. The molecule has 2 saturated heterocycles. The van der Waals surface area contributed by atoms with Gasteiger partial charge in [0.15, 0.2) is 5.79 Å². The van der Waals surface area contributed by atoms with Crippen LogP contribution in [-0.4, -0.2) is 51.5 Å². The van der Waals surface area contributed by atoms with E-state index in [1.54, 1.807) is 7.11 Å². The van der Waals surface area contributed by atoms with E-state index in [-0.39, 0.29) is 28.8 Å². The molecule has 0 amide bonds. The number of hydrogen-bond acceptors (Lipinski definition) is 4. The lowest BCUT2D eigenvalue weighted by atomic mass is 9.45. The Labute approximate surface area is 181 Å². The average molecular weight is 429 g/mol.